The van der Waals surface area contributed by atoms with Crippen LogP contribution < -0.4 is 0 Å². The molecule has 0 saturated carbocycles. The van der Waals surface area contributed by atoms with E-state index in [-0.39, 0.29) is 6.23 Å². The number of nitrogens with zero attached hydrogens (tertiary/aromatic N) is 1. The molecule has 2 aliphatic heterocycles. The molecule has 0 spiro atoms. The van der Waals surface area contributed by atoms with Crippen LogP contribution in [-0.4, -0.2) is 31.1 Å². The Morgan fingerprint density at radius 3 is 2.56 bits per heavy atom. The lowest BCUT2D eigenvalue weighted by Gasteiger charge is -2.32. The Bertz CT molecular complexity index is 848. The number of ether oxygens (including phenoxy) is 1. The van der Waals surface area contributed by atoms with E-state index in [1.54, 1.807) is 16.4 Å². The molecule has 25 heavy (non-hydrogen) atoms. The third-order valence-corrected chi connectivity index (χ3v) is 7.08. The summed E-state index contributed by atoms with van der Waals surface area (Å²) in [5.74, 6) is 0. The predicted molar refractivity (Wildman–Crippen MR) is 96.7 cm³/mol. The molecular weight excluding hydrogens is 334 g/mol. The lowest BCUT2D eigenvalue weighted by molar-refractivity contribution is -0.0826. The second-order valence-corrected chi connectivity index (χ2v) is 9.06. The van der Waals surface area contributed by atoms with Crippen molar-refractivity contribution in [3.8, 4) is 0 Å². The van der Waals surface area contributed by atoms with Gasteiger partial charge in [-0.2, -0.15) is 4.31 Å². The Labute approximate surface area is 149 Å². The fourth-order valence-electron chi connectivity index (χ4n) is 3.95. The van der Waals surface area contributed by atoms with Crippen LogP contribution >= 0.6 is 0 Å². The summed E-state index contributed by atoms with van der Waals surface area (Å²) in [6.45, 7) is 2.39. The highest BCUT2D eigenvalue weighted by molar-refractivity contribution is 7.89. The first-order valence-electron chi connectivity index (χ1n) is 8.79. The average molecular weight is 357 g/mol. The van der Waals surface area contributed by atoms with Crippen molar-refractivity contribution in [3.63, 3.8) is 0 Å². The maximum atomic E-state index is 13.1. The van der Waals surface area contributed by atoms with E-state index in [1.807, 2.05) is 37.3 Å². The minimum absolute atomic E-state index is 0.344. The summed E-state index contributed by atoms with van der Waals surface area (Å²) in [6.07, 6.45) is 3.07. The van der Waals surface area contributed by atoms with Gasteiger partial charge in [-0.3, -0.25) is 0 Å². The summed E-state index contributed by atoms with van der Waals surface area (Å²) in [5.41, 5.74) is 1.84. The van der Waals surface area contributed by atoms with E-state index < -0.39 is 15.6 Å². The zero-order valence-corrected chi connectivity index (χ0v) is 15.2. The third kappa shape index (κ3) is 3.12. The van der Waals surface area contributed by atoms with E-state index in [0.717, 1.165) is 31.2 Å². The first-order chi connectivity index (χ1) is 12.0. The van der Waals surface area contributed by atoms with E-state index in [4.69, 9.17) is 4.74 Å². The Balaban J connectivity index is 1.63. The second-order valence-electron chi connectivity index (χ2n) is 7.17. The van der Waals surface area contributed by atoms with Gasteiger partial charge in [-0.05, 0) is 43.9 Å². The molecule has 2 aromatic carbocycles. The number of sulfonamides is 1. The summed E-state index contributed by atoms with van der Waals surface area (Å²) in [6, 6.07) is 17.3. The molecule has 2 fully saturated rings. The molecule has 4 rings (SSSR count). The van der Waals surface area contributed by atoms with E-state index in [9.17, 15) is 8.42 Å². The van der Waals surface area contributed by atoms with Crippen LogP contribution in [0.4, 0.5) is 0 Å². The highest BCUT2D eigenvalue weighted by atomic mass is 32.2. The molecule has 2 atom stereocenters. The van der Waals surface area contributed by atoms with Gasteiger partial charge in [0.1, 0.15) is 6.23 Å². The number of fused-ring (bicyclic) bond motifs is 2. The van der Waals surface area contributed by atoms with Crippen LogP contribution in [0, 0.1) is 6.92 Å². The lowest BCUT2D eigenvalue weighted by atomic mass is 9.89. The number of hydrogen-bond acceptors (Lipinski definition) is 3. The fraction of sp³-hybridized carbons (Fsp3) is 0.400. The molecule has 0 aliphatic carbocycles. The zero-order valence-electron chi connectivity index (χ0n) is 14.4. The summed E-state index contributed by atoms with van der Waals surface area (Å²) in [5, 5.41) is 0. The van der Waals surface area contributed by atoms with Crippen molar-refractivity contribution in [2.45, 2.75) is 49.3 Å². The smallest absolute Gasteiger partial charge is 0.245 e. The number of hydrogen-bond donors (Lipinski definition) is 0. The van der Waals surface area contributed by atoms with Gasteiger partial charge >= 0.3 is 0 Å². The Hall–Kier alpha value is -1.69. The molecule has 0 N–H and O–H groups in total. The summed E-state index contributed by atoms with van der Waals surface area (Å²) >= 11 is 0. The van der Waals surface area contributed by atoms with Gasteiger partial charge in [0.15, 0.2) is 0 Å². The van der Waals surface area contributed by atoms with Crippen molar-refractivity contribution in [3.05, 3.63) is 65.7 Å². The van der Waals surface area contributed by atoms with Crippen LogP contribution in [0.2, 0.25) is 0 Å². The first-order valence-corrected chi connectivity index (χ1v) is 10.2. The van der Waals surface area contributed by atoms with Crippen molar-refractivity contribution >= 4 is 10.0 Å². The lowest BCUT2D eigenvalue weighted by Crippen LogP contribution is -2.38. The largest absolute Gasteiger partial charge is 0.354 e. The highest BCUT2D eigenvalue weighted by Crippen LogP contribution is 2.42. The minimum Gasteiger partial charge on any atom is -0.354 e. The number of rotatable bonds is 4. The van der Waals surface area contributed by atoms with Crippen LogP contribution in [0.25, 0.3) is 0 Å². The second kappa shape index (κ2) is 6.24. The van der Waals surface area contributed by atoms with Gasteiger partial charge in [-0.25, -0.2) is 8.42 Å². The topological polar surface area (TPSA) is 46.6 Å². The van der Waals surface area contributed by atoms with Gasteiger partial charge in [0, 0.05) is 13.0 Å². The van der Waals surface area contributed by atoms with Crippen LogP contribution in [0.15, 0.2) is 59.5 Å². The third-order valence-electron chi connectivity index (χ3n) is 5.23. The van der Waals surface area contributed by atoms with E-state index >= 15 is 0 Å². The molecule has 0 aromatic heterocycles. The van der Waals surface area contributed by atoms with Gasteiger partial charge in [-0.15, -0.1) is 0 Å². The summed E-state index contributed by atoms with van der Waals surface area (Å²) in [7, 11) is -3.53. The van der Waals surface area contributed by atoms with Crippen molar-refractivity contribution in [1.29, 1.82) is 0 Å². The minimum atomic E-state index is -3.53. The fourth-order valence-corrected chi connectivity index (χ4v) is 5.56. The molecule has 2 aromatic rings. The van der Waals surface area contributed by atoms with E-state index in [1.165, 1.54) is 5.56 Å². The van der Waals surface area contributed by atoms with Crippen molar-refractivity contribution in [1.82, 2.24) is 4.31 Å². The average Bonchev–Trinajstić information content (AvgIpc) is 2.87. The zero-order chi connectivity index (χ0) is 17.5. The van der Waals surface area contributed by atoms with Crippen LogP contribution in [0.3, 0.4) is 0 Å². The SMILES string of the molecule is Cc1ccc(S(=O)(=O)N2C[C@]3(Cc4ccccc4)CCC[C@@H]2O3)cc1. The molecule has 5 heteroatoms. The molecule has 132 valence electrons. The molecule has 0 unspecified atom stereocenters. The molecule has 4 nitrogen and oxygen atoms in total. The van der Waals surface area contributed by atoms with Gasteiger partial charge in [0.05, 0.1) is 10.5 Å². The monoisotopic (exact) mass is 357 g/mol. The number of aryl methyl sites for hydroxylation is 1. The first kappa shape index (κ1) is 16.8. The van der Waals surface area contributed by atoms with Crippen molar-refractivity contribution in [2.24, 2.45) is 0 Å². The summed E-state index contributed by atoms with van der Waals surface area (Å²) < 4.78 is 34.1. The summed E-state index contributed by atoms with van der Waals surface area (Å²) in [4.78, 5) is 0.351. The van der Waals surface area contributed by atoms with Crippen molar-refractivity contribution in [2.75, 3.05) is 6.54 Å². The van der Waals surface area contributed by atoms with Crippen LogP contribution in [-0.2, 0) is 21.2 Å². The molecule has 2 saturated heterocycles. The molecule has 0 radical (unpaired) electrons. The highest BCUT2D eigenvalue weighted by Gasteiger charge is 2.52. The van der Waals surface area contributed by atoms with E-state index in [0.29, 0.717) is 11.4 Å². The Morgan fingerprint density at radius 1 is 1.12 bits per heavy atom. The van der Waals surface area contributed by atoms with Gasteiger partial charge < -0.3 is 4.74 Å². The maximum absolute atomic E-state index is 13.1. The molecular formula is C20H23NO3S. The molecule has 2 aliphatic rings. The Kier molecular flexibility index (Phi) is 4.18. The molecule has 2 bridgehead atoms. The van der Waals surface area contributed by atoms with Crippen LogP contribution in [0.1, 0.15) is 30.4 Å². The van der Waals surface area contributed by atoms with E-state index in [2.05, 4.69) is 12.1 Å². The predicted octanol–water partition coefficient (Wildman–Crippen LogP) is 3.51. The van der Waals surface area contributed by atoms with Gasteiger partial charge in [-0.1, -0.05) is 48.0 Å². The Morgan fingerprint density at radius 2 is 1.84 bits per heavy atom. The standard InChI is InChI=1S/C20H23NO3S/c1-16-9-11-18(12-10-16)25(22,23)21-15-20(13-5-8-19(21)24-20)14-17-6-3-2-4-7-17/h2-4,6-7,9-12,19H,5,8,13-15H2,1H3/t19-,20+/m0/s1. The molecule has 2 heterocycles. The molecule has 0 amide bonds. The number of benzene rings is 2. The van der Waals surface area contributed by atoms with Crippen LogP contribution in [0.5, 0.6) is 0 Å². The normalized spacial score (nSPS) is 26.7. The van der Waals surface area contributed by atoms with Crippen molar-refractivity contribution < 1.29 is 13.2 Å². The van der Waals surface area contributed by atoms with Gasteiger partial charge in [0.25, 0.3) is 0 Å². The maximum Gasteiger partial charge on any atom is 0.245 e. The van der Waals surface area contributed by atoms with Gasteiger partial charge in [0.2, 0.25) is 10.0 Å². The quantitative estimate of drug-likeness (QED) is 0.841.